The molecule has 0 aromatic heterocycles. The Hall–Kier alpha value is -0.810. The van der Waals surface area contributed by atoms with Crippen molar-refractivity contribution < 1.29 is 18.6 Å². The molecule has 0 amide bonds. The quantitative estimate of drug-likeness (QED) is 0.635. The van der Waals surface area contributed by atoms with Crippen LogP contribution in [-0.4, -0.2) is 41.7 Å². The third-order valence-electron chi connectivity index (χ3n) is 2.53. The van der Waals surface area contributed by atoms with Crippen LogP contribution in [0.1, 0.15) is 0 Å². The zero-order valence-electron chi connectivity index (χ0n) is 9.51. The lowest BCUT2D eigenvalue weighted by Crippen LogP contribution is -2.38. The maximum atomic E-state index is 5.41. The van der Waals surface area contributed by atoms with E-state index in [-0.39, 0.29) is 14.2 Å². The van der Waals surface area contributed by atoms with Crippen LogP contribution in [0, 0.1) is 0 Å². The lowest BCUT2D eigenvalue weighted by Gasteiger charge is -2.10. The molecular weight excluding hydrogens is 206 g/mol. The summed E-state index contributed by atoms with van der Waals surface area (Å²) in [7, 11) is 2.69. The van der Waals surface area contributed by atoms with Crippen molar-refractivity contribution >= 4 is 25.2 Å². The molecule has 0 aliphatic carbocycles. The van der Waals surface area contributed by atoms with Gasteiger partial charge in [0.05, 0.1) is 13.2 Å². The van der Waals surface area contributed by atoms with Gasteiger partial charge in [0.15, 0.2) is 0 Å². The molecule has 84 valence electrons. The van der Waals surface area contributed by atoms with E-state index in [0.29, 0.717) is 13.2 Å². The highest BCUT2D eigenvalue weighted by atomic mass is 16.6. The molecule has 1 saturated heterocycles. The second kappa shape index (κ2) is 5.50. The van der Waals surface area contributed by atoms with Crippen molar-refractivity contribution in [3.63, 3.8) is 0 Å². The van der Waals surface area contributed by atoms with Crippen LogP contribution < -0.4 is 10.9 Å². The molecule has 0 saturated carbocycles. The molecule has 0 spiro atoms. The van der Waals surface area contributed by atoms with Gasteiger partial charge in [-0.25, -0.2) is 0 Å². The summed E-state index contributed by atoms with van der Waals surface area (Å²) in [6, 6.07) is 7.85. The third-order valence-corrected chi connectivity index (χ3v) is 2.53. The SMILES string of the molecule is COB(OC)c1ccc(B2OCCO2)cc1. The van der Waals surface area contributed by atoms with Gasteiger partial charge in [0, 0.05) is 14.2 Å². The lowest BCUT2D eigenvalue weighted by molar-refractivity contribution is 0.292. The van der Waals surface area contributed by atoms with Gasteiger partial charge in [-0.05, 0) is 10.9 Å². The maximum absolute atomic E-state index is 5.41. The Morgan fingerprint density at radius 2 is 1.62 bits per heavy atom. The van der Waals surface area contributed by atoms with Gasteiger partial charge in [-0.3, -0.25) is 0 Å². The van der Waals surface area contributed by atoms with Crippen molar-refractivity contribution in [2.45, 2.75) is 0 Å². The predicted molar refractivity (Wildman–Crippen MR) is 63.1 cm³/mol. The van der Waals surface area contributed by atoms with Crippen molar-refractivity contribution in [1.29, 1.82) is 0 Å². The minimum absolute atomic E-state index is 0.224. The number of hydrogen-bond donors (Lipinski definition) is 0. The highest BCUT2D eigenvalue weighted by molar-refractivity contribution is 6.63. The third kappa shape index (κ3) is 2.47. The van der Waals surface area contributed by atoms with Crippen LogP contribution in [0.15, 0.2) is 24.3 Å². The summed E-state index contributed by atoms with van der Waals surface area (Å²) in [5.74, 6) is 0. The minimum Gasteiger partial charge on any atom is -0.410 e. The van der Waals surface area contributed by atoms with Crippen LogP contribution in [0.25, 0.3) is 0 Å². The Bertz CT molecular complexity index is 299. The smallest absolute Gasteiger partial charge is 0.410 e. The lowest BCUT2D eigenvalue weighted by atomic mass is 9.74. The van der Waals surface area contributed by atoms with Gasteiger partial charge in [-0.15, -0.1) is 0 Å². The van der Waals surface area contributed by atoms with Crippen molar-refractivity contribution in [2.75, 3.05) is 27.4 Å². The maximum Gasteiger partial charge on any atom is 0.494 e. The first-order valence-electron chi connectivity index (χ1n) is 5.24. The van der Waals surface area contributed by atoms with Crippen LogP contribution in [0.4, 0.5) is 0 Å². The van der Waals surface area contributed by atoms with E-state index in [1.54, 1.807) is 14.2 Å². The number of rotatable bonds is 4. The summed E-state index contributed by atoms with van der Waals surface area (Å²) >= 11 is 0. The molecule has 1 aromatic carbocycles. The van der Waals surface area contributed by atoms with E-state index in [1.165, 1.54) is 0 Å². The second-order valence-electron chi connectivity index (χ2n) is 3.54. The van der Waals surface area contributed by atoms with E-state index in [4.69, 9.17) is 18.6 Å². The van der Waals surface area contributed by atoms with Crippen molar-refractivity contribution in [1.82, 2.24) is 0 Å². The van der Waals surface area contributed by atoms with Gasteiger partial charge in [0.1, 0.15) is 0 Å². The molecule has 0 unspecified atom stereocenters. The molecule has 1 aliphatic heterocycles. The van der Waals surface area contributed by atoms with Gasteiger partial charge in [-0.2, -0.15) is 0 Å². The number of benzene rings is 1. The Balaban J connectivity index is 2.09. The van der Waals surface area contributed by atoms with Gasteiger partial charge in [0.2, 0.25) is 0 Å². The molecule has 1 heterocycles. The van der Waals surface area contributed by atoms with Crippen LogP contribution >= 0.6 is 0 Å². The first-order chi connectivity index (χ1) is 7.85. The highest BCUT2D eigenvalue weighted by Crippen LogP contribution is 2.00. The van der Waals surface area contributed by atoms with Crippen LogP contribution in [0.5, 0.6) is 0 Å². The van der Waals surface area contributed by atoms with Gasteiger partial charge in [0.25, 0.3) is 0 Å². The molecule has 0 atom stereocenters. The van der Waals surface area contributed by atoms with E-state index in [0.717, 1.165) is 10.9 Å². The summed E-state index contributed by atoms with van der Waals surface area (Å²) < 4.78 is 21.1. The zero-order valence-corrected chi connectivity index (χ0v) is 9.51. The van der Waals surface area contributed by atoms with E-state index in [9.17, 15) is 0 Å². The monoisotopic (exact) mass is 220 g/mol. The molecular formula is C10H14B2O4. The molecule has 16 heavy (non-hydrogen) atoms. The zero-order chi connectivity index (χ0) is 11.4. The molecule has 6 heteroatoms. The average Bonchev–Trinajstić information content (AvgIpc) is 2.85. The summed E-state index contributed by atoms with van der Waals surface area (Å²) in [5.41, 5.74) is 2.00. The van der Waals surface area contributed by atoms with Crippen molar-refractivity contribution in [3.05, 3.63) is 24.3 Å². The first kappa shape index (κ1) is 11.7. The summed E-state index contributed by atoms with van der Waals surface area (Å²) in [5, 5.41) is 0. The predicted octanol–water partition coefficient (Wildman–Crippen LogP) is -0.583. The van der Waals surface area contributed by atoms with Crippen molar-refractivity contribution in [3.8, 4) is 0 Å². The molecule has 4 nitrogen and oxygen atoms in total. The average molecular weight is 220 g/mol. The Kier molecular flexibility index (Phi) is 4.01. The van der Waals surface area contributed by atoms with Gasteiger partial charge >= 0.3 is 14.2 Å². The Labute approximate surface area is 96.1 Å². The fourth-order valence-corrected chi connectivity index (χ4v) is 1.73. The summed E-state index contributed by atoms with van der Waals surface area (Å²) in [4.78, 5) is 0. The van der Waals surface area contributed by atoms with Crippen LogP contribution in [0.3, 0.4) is 0 Å². The minimum atomic E-state index is -0.320. The topological polar surface area (TPSA) is 36.9 Å². The molecule has 0 N–H and O–H groups in total. The summed E-state index contributed by atoms with van der Waals surface area (Å²) in [6.45, 7) is 1.32. The largest absolute Gasteiger partial charge is 0.494 e. The molecule has 0 radical (unpaired) electrons. The van der Waals surface area contributed by atoms with Crippen LogP contribution in [-0.2, 0) is 18.6 Å². The van der Waals surface area contributed by atoms with Gasteiger partial charge < -0.3 is 18.6 Å². The number of hydrogen-bond acceptors (Lipinski definition) is 4. The van der Waals surface area contributed by atoms with E-state index in [1.807, 2.05) is 24.3 Å². The van der Waals surface area contributed by atoms with Gasteiger partial charge in [-0.1, -0.05) is 24.3 Å². The Morgan fingerprint density at radius 3 is 2.12 bits per heavy atom. The molecule has 2 rings (SSSR count). The highest BCUT2D eigenvalue weighted by Gasteiger charge is 2.26. The van der Waals surface area contributed by atoms with E-state index < -0.39 is 0 Å². The molecule has 1 aromatic rings. The van der Waals surface area contributed by atoms with Crippen LogP contribution in [0.2, 0.25) is 0 Å². The second-order valence-corrected chi connectivity index (χ2v) is 3.54. The van der Waals surface area contributed by atoms with E-state index >= 15 is 0 Å². The van der Waals surface area contributed by atoms with E-state index in [2.05, 4.69) is 0 Å². The molecule has 0 bridgehead atoms. The fraction of sp³-hybridized carbons (Fsp3) is 0.400. The fourth-order valence-electron chi connectivity index (χ4n) is 1.73. The first-order valence-corrected chi connectivity index (χ1v) is 5.24. The molecule has 1 aliphatic rings. The van der Waals surface area contributed by atoms with Crippen molar-refractivity contribution in [2.24, 2.45) is 0 Å². The summed E-state index contributed by atoms with van der Waals surface area (Å²) in [6.07, 6.45) is 0. The normalized spacial score (nSPS) is 15.5. The standard InChI is InChI=1S/C10H14B2O4/c1-13-11(14-2)9-3-5-10(6-4-9)12-15-7-8-16-12/h3-6H,7-8H2,1-2H3. The Morgan fingerprint density at radius 1 is 1.06 bits per heavy atom. The molecule has 1 fully saturated rings.